The normalized spacial score (nSPS) is 24.8. The minimum atomic E-state index is -0.611. The highest BCUT2D eigenvalue weighted by Crippen LogP contribution is 2.33. The lowest BCUT2D eigenvalue weighted by molar-refractivity contribution is -0.152. The highest BCUT2D eigenvalue weighted by atomic mass is 16.5. The summed E-state index contributed by atoms with van der Waals surface area (Å²) in [5, 5.41) is 3.48. The number of urea groups is 1. The van der Waals surface area contributed by atoms with Crippen LogP contribution < -0.4 is 10.2 Å². The first-order valence-electron chi connectivity index (χ1n) is 11.6. The molecule has 0 bridgehead atoms. The van der Waals surface area contributed by atoms with Gasteiger partial charge in [-0.05, 0) is 31.0 Å². The topological polar surface area (TPSA) is 85.4 Å². The lowest BCUT2D eigenvalue weighted by atomic mass is 10.1. The first-order chi connectivity index (χ1) is 16.4. The molecule has 3 atom stereocenters. The van der Waals surface area contributed by atoms with Gasteiger partial charge in [0.05, 0.1) is 0 Å². The maximum Gasteiger partial charge on any atom is 0.328 e. The van der Waals surface area contributed by atoms with Crippen LogP contribution in [0.5, 0.6) is 0 Å². The number of fused-ring (bicyclic) bond motifs is 3. The Balaban J connectivity index is 1.31. The third kappa shape index (κ3) is 4.01. The SMILES string of the molecule is Cc1ccc(N2CCCN3C4C(=O)N(CC(=O)OCc5ccccc5)C(=O)N(C)C4NC23)cc1. The van der Waals surface area contributed by atoms with Gasteiger partial charge in [0.2, 0.25) is 0 Å². The largest absolute Gasteiger partial charge is 0.459 e. The van der Waals surface area contributed by atoms with Gasteiger partial charge >= 0.3 is 12.0 Å². The van der Waals surface area contributed by atoms with E-state index in [2.05, 4.69) is 39.4 Å². The number of hydrogen-bond donors (Lipinski definition) is 1. The van der Waals surface area contributed by atoms with Crippen molar-refractivity contribution in [1.82, 2.24) is 20.0 Å². The third-order valence-electron chi connectivity index (χ3n) is 6.77. The molecule has 5 rings (SSSR count). The number of likely N-dealkylation sites (N-methyl/N-ethyl adjacent to an activating group) is 1. The van der Waals surface area contributed by atoms with Gasteiger partial charge in [0.25, 0.3) is 5.91 Å². The van der Waals surface area contributed by atoms with Crippen LogP contribution in [0.15, 0.2) is 54.6 Å². The number of ether oxygens (including phenoxy) is 1. The highest BCUT2D eigenvalue weighted by molar-refractivity contribution is 6.02. The van der Waals surface area contributed by atoms with E-state index in [4.69, 9.17) is 4.74 Å². The van der Waals surface area contributed by atoms with Crippen molar-refractivity contribution in [1.29, 1.82) is 0 Å². The fourth-order valence-corrected chi connectivity index (χ4v) is 4.98. The molecular formula is C25H29N5O4. The molecule has 0 spiro atoms. The molecule has 3 aliphatic rings. The molecule has 3 heterocycles. The smallest absolute Gasteiger partial charge is 0.328 e. The molecule has 0 radical (unpaired) electrons. The summed E-state index contributed by atoms with van der Waals surface area (Å²) < 4.78 is 5.32. The lowest BCUT2D eigenvalue weighted by Crippen LogP contribution is -2.67. The van der Waals surface area contributed by atoms with Crippen molar-refractivity contribution in [2.45, 2.75) is 38.4 Å². The number of esters is 1. The van der Waals surface area contributed by atoms with Crippen molar-refractivity contribution in [3.8, 4) is 0 Å². The molecule has 3 saturated heterocycles. The number of hydrogen-bond acceptors (Lipinski definition) is 7. The summed E-state index contributed by atoms with van der Waals surface area (Å²) in [7, 11) is 1.66. The molecule has 0 aromatic heterocycles. The number of nitrogens with one attached hydrogen (secondary N) is 1. The predicted octanol–water partition coefficient (Wildman–Crippen LogP) is 1.73. The Morgan fingerprint density at radius 3 is 2.53 bits per heavy atom. The molecule has 0 aliphatic carbocycles. The second kappa shape index (κ2) is 9.08. The second-order valence-electron chi connectivity index (χ2n) is 9.01. The average molecular weight is 464 g/mol. The minimum Gasteiger partial charge on any atom is -0.459 e. The number of nitrogens with zero attached hydrogens (tertiary/aromatic N) is 4. The van der Waals surface area contributed by atoms with E-state index in [1.54, 1.807) is 7.05 Å². The molecule has 34 heavy (non-hydrogen) atoms. The second-order valence-corrected chi connectivity index (χ2v) is 9.01. The van der Waals surface area contributed by atoms with Crippen molar-refractivity contribution in [2.75, 3.05) is 31.6 Å². The zero-order chi connectivity index (χ0) is 23.8. The Hall–Kier alpha value is -3.43. The van der Waals surface area contributed by atoms with Gasteiger partial charge in [-0.25, -0.2) is 4.79 Å². The number of benzene rings is 2. The quantitative estimate of drug-likeness (QED) is 0.676. The maximum atomic E-state index is 13.5. The number of carbonyl (C=O) groups is 3. The number of rotatable bonds is 5. The van der Waals surface area contributed by atoms with E-state index in [9.17, 15) is 14.4 Å². The third-order valence-corrected chi connectivity index (χ3v) is 6.77. The minimum absolute atomic E-state index is 0.0963. The average Bonchev–Trinajstić information content (AvgIpc) is 3.25. The Kier molecular flexibility index (Phi) is 5.97. The number of anilines is 1. The Bertz CT molecular complexity index is 1080. The Morgan fingerprint density at radius 2 is 1.79 bits per heavy atom. The van der Waals surface area contributed by atoms with Crippen LogP contribution in [0.1, 0.15) is 17.5 Å². The van der Waals surface area contributed by atoms with Crippen LogP contribution in [0.2, 0.25) is 0 Å². The van der Waals surface area contributed by atoms with Crippen molar-refractivity contribution in [2.24, 2.45) is 0 Å². The summed E-state index contributed by atoms with van der Waals surface area (Å²) in [6.07, 6.45) is 0.211. The van der Waals surface area contributed by atoms with Gasteiger partial charge in [-0.2, -0.15) is 0 Å². The number of carbonyl (C=O) groups excluding carboxylic acids is 3. The van der Waals surface area contributed by atoms with Gasteiger partial charge in [-0.15, -0.1) is 0 Å². The van der Waals surface area contributed by atoms with Crippen LogP contribution in [0, 0.1) is 6.92 Å². The molecule has 9 heteroatoms. The molecule has 0 saturated carbocycles. The molecule has 3 aliphatic heterocycles. The van der Waals surface area contributed by atoms with Crippen LogP contribution >= 0.6 is 0 Å². The molecule has 3 unspecified atom stereocenters. The van der Waals surface area contributed by atoms with Gasteiger partial charge in [0.15, 0.2) is 0 Å². The number of amides is 3. The zero-order valence-corrected chi connectivity index (χ0v) is 19.4. The van der Waals surface area contributed by atoms with E-state index >= 15 is 0 Å². The summed E-state index contributed by atoms with van der Waals surface area (Å²) in [5.41, 5.74) is 3.09. The predicted molar refractivity (Wildman–Crippen MR) is 125 cm³/mol. The monoisotopic (exact) mass is 463 g/mol. The Labute approximate surface area is 198 Å². The van der Waals surface area contributed by atoms with Crippen molar-refractivity contribution < 1.29 is 19.1 Å². The van der Waals surface area contributed by atoms with E-state index in [0.717, 1.165) is 35.7 Å². The summed E-state index contributed by atoms with van der Waals surface area (Å²) >= 11 is 0. The molecule has 1 N–H and O–H groups in total. The van der Waals surface area contributed by atoms with Crippen molar-refractivity contribution >= 4 is 23.6 Å². The molecule has 3 amide bonds. The summed E-state index contributed by atoms with van der Waals surface area (Å²) in [6, 6.07) is 16.5. The van der Waals surface area contributed by atoms with Crippen molar-refractivity contribution in [3.05, 3.63) is 65.7 Å². The van der Waals surface area contributed by atoms with Crippen LogP contribution in [-0.2, 0) is 20.9 Å². The van der Waals surface area contributed by atoms with Crippen LogP contribution in [0.4, 0.5) is 10.5 Å². The standard InChI is InChI=1S/C25H29N5O4/c1-17-9-11-19(12-10-17)28-13-6-14-29-21-22(26-24(28)29)27(2)25(33)30(23(21)32)15-20(31)34-16-18-7-4-3-5-8-18/h3-5,7-12,21-22,24,26H,6,13-16H2,1-2H3. The fraction of sp³-hybridized carbons (Fsp3) is 0.400. The van der Waals surface area contributed by atoms with Crippen LogP contribution in [0.3, 0.4) is 0 Å². The number of imide groups is 1. The van der Waals surface area contributed by atoms with Crippen LogP contribution in [0.25, 0.3) is 0 Å². The fourth-order valence-electron chi connectivity index (χ4n) is 4.98. The van der Waals surface area contributed by atoms with Crippen molar-refractivity contribution in [3.63, 3.8) is 0 Å². The van der Waals surface area contributed by atoms with E-state index in [1.165, 1.54) is 10.5 Å². The molecule has 2 aromatic rings. The molecule has 3 fully saturated rings. The van der Waals surface area contributed by atoms with Gasteiger partial charge in [0.1, 0.15) is 31.6 Å². The lowest BCUT2D eigenvalue weighted by Gasteiger charge is -2.43. The van der Waals surface area contributed by atoms with E-state index in [1.807, 2.05) is 37.3 Å². The molecule has 9 nitrogen and oxygen atoms in total. The molecule has 2 aromatic carbocycles. The first-order valence-corrected chi connectivity index (χ1v) is 11.6. The van der Waals surface area contributed by atoms with E-state index in [0.29, 0.717) is 0 Å². The van der Waals surface area contributed by atoms with Gasteiger partial charge in [0, 0.05) is 25.8 Å². The summed E-state index contributed by atoms with van der Waals surface area (Å²) in [4.78, 5) is 45.9. The molecular weight excluding hydrogens is 434 g/mol. The van der Waals surface area contributed by atoms with Crippen LogP contribution in [-0.4, -0.2) is 77.8 Å². The first kappa shape index (κ1) is 22.4. The molecule has 178 valence electrons. The van der Waals surface area contributed by atoms with Gasteiger partial charge < -0.3 is 14.5 Å². The van der Waals surface area contributed by atoms with Gasteiger partial charge in [-0.3, -0.25) is 24.7 Å². The zero-order valence-electron chi connectivity index (χ0n) is 19.4. The number of aryl methyl sites for hydroxylation is 1. The van der Waals surface area contributed by atoms with E-state index in [-0.39, 0.29) is 18.8 Å². The summed E-state index contributed by atoms with van der Waals surface area (Å²) in [5.74, 6) is -0.981. The Morgan fingerprint density at radius 1 is 1.06 bits per heavy atom. The van der Waals surface area contributed by atoms with E-state index < -0.39 is 30.8 Å². The summed E-state index contributed by atoms with van der Waals surface area (Å²) in [6.45, 7) is 3.31. The highest BCUT2D eigenvalue weighted by Gasteiger charge is 2.56. The maximum absolute atomic E-state index is 13.5. The van der Waals surface area contributed by atoms with Gasteiger partial charge in [-0.1, -0.05) is 48.0 Å².